The fourth-order valence-corrected chi connectivity index (χ4v) is 1.89. The fourth-order valence-electron chi connectivity index (χ4n) is 1.89. The van der Waals surface area contributed by atoms with E-state index >= 15 is 0 Å². The molecular weight excluding hydrogens is 222 g/mol. The summed E-state index contributed by atoms with van der Waals surface area (Å²) in [5, 5.41) is 3.48. The summed E-state index contributed by atoms with van der Waals surface area (Å²) in [6.45, 7) is 14.0. The highest BCUT2D eigenvalue weighted by molar-refractivity contribution is 5.09. The molecule has 0 radical (unpaired) electrons. The van der Waals surface area contributed by atoms with E-state index in [9.17, 15) is 0 Å². The first-order chi connectivity index (χ1) is 8.61. The van der Waals surface area contributed by atoms with Crippen LogP contribution in [0.5, 0.6) is 0 Å². The lowest BCUT2D eigenvalue weighted by Crippen LogP contribution is -2.33. The second-order valence-corrected chi connectivity index (χ2v) is 5.24. The minimum atomic E-state index is 0.721. The average Bonchev–Trinajstić information content (AvgIpc) is 2.33. The minimum absolute atomic E-state index is 0.721. The molecule has 0 spiro atoms. The summed E-state index contributed by atoms with van der Waals surface area (Å²) in [5.41, 5.74) is 2.27. The molecule has 3 heteroatoms. The Hall–Kier alpha value is -0.930. The molecule has 0 amide bonds. The third-order valence-corrected chi connectivity index (χ3v) is 2.94. The van der Waals surface area contributed by atoms with Crippen molar-refractivity contribution < 1.29 is 0 Å². The number of aromatic nitrogens is 1. The maximum atomic E-state index is 4.56. The molecule has 102 valence electrons. The maximum absolute atomic E-state index is 4.56. The SMILES string of the molecule is CCN(CCNCC(C)C)Cc1cccc(C)n1. The van der Waals surface area contributed by atoms with E-state index in [0.717, 1.165) is 44.3 Å². The van der Waals surface area contributed by atoms with Crippen LogP contribution in [0.2, 0.25) is 0 Å². The summed E-state index contributed by atoms with van der Waals surface area (Å²) < 4.78 is 0. The Bertz CT molecular complexity index is 336. The summed E-state index contributed by atoms with van der Waals surface area (Å²) >= 11 is 0. The summed E-state index contributed by atoms with van der Waals surface area (Å²) in [4.78, 5) is 6.98. The lowest BCUT2D eigenvalue weighted by atomic mass is 10.2. The summed E-state index contributed by atoms with van der Waals surface area (Å²) in [6, 6.07) is 6.24. The summed E-state index contributed by atoms with van der Waals surface area (Å²) in [7, 11) is 0. The summed E-state index contributed by atoms with van der Waals surface area (Å²) in [6.07, 6.45) is 0. The third-order valence-electron chi connectivity index (χ3n) is 2.94. The van der Waals surface area contributed by atoms with E-state index in [1.807, 2.05) is 13.0 Å². The van der Waals surface area contributed by atoms with Crippen LogP contribution in [0.25, 0.3) is 0 Å². The molecule has 0 aliphatic rings. The Morgan fingerprint density at radius 3 is 2.72 bits per heavy atom. The van der Waals surface area contributed by atoms with Gasteiger partial charge in [0.1, 0.15) is 0 Å². The maximum Gasteiger partial charge on any atom is 0.0547 e. The second-order valence-electron chi connectivity index (χ2n) is 5.24. The molecule has 0 saturated carbocycles. The number of nitrogens with one attached hydrogen (secondary N) is 1. The zero-order valence-electron chi connectivity index (χ0n) is 12.2. The van der Waals surface area contributed by atoms with Gasteiger partial charge in [0.2, 0.25) is 0 Å². The molecule has 0 atom stereocenters. The van der Waals surface area contributed by atoms with Gasteiger partial charge in [-0.15, -0.1) is 0 Å². The molecule has 0 aliphatic heterocycles. The molecule has 1 aromatic heterocycles. The largest absolute Gasteiger partial charge is 0.315 e. The highest BCUT2D eigenvalue weighted by Crippen LogP contribution is 2.02. The van der Waals surface area contributed by atoms with Crippen LogP contribution in [0.1, 0.15) is 32.2 Å². The average molecular weight is 249 g/mol. The van der Waals surface area contributed by atoms with Crippen molar-refractivity contribution >= 4 is 0 Å². The van der Waals surface area contributed by atoms with Crippen LogP contribution >= 0.6 is 0 Å². The molecule has 1 N–H and O–H groups in total. The van der Waals surface area contributed by atoms with E-state index in [4.69, 9.17) is 0 Å². The van der Waals surface area contributed by atoms with Gasteiger partial charge in [0.25, 0.3) is 0 Å². The van der Waals surface area contributed by atoms with Gasteiger partial charge in [0, 0.05) is 25.3 Å². The van der Waals surface area contributed by atoms with Crippen LogP contribution < -0.4 is 5.32 Å². The van der Waals surface area contributed by atoms with Gasteiger partial charge in [0.05, 0.1) is 5.69 Å². The second kappa shape index (κ2) is 8.22. The van der Waals surface area contributed by atoms with Crippen molar-refractivity contribution in [3.05, 3.63) is 29.6 Å². The van der Waals surface area contributed by atoms with Crippen molar-refractivity contribution in [1.82, 2.24) is 15.2 Å². The predicted molar refractivity (Wildman–Crippen MR) is 77.6 cm³/mol. The topological polar surface area (TPSA) is 28.2 Å². The first kappa shape index (κ1) is 15.1. The molecule has 18 heavy (non-hydrogen) atoms. The van der Waals surface area contributed by atoms with Crippen LogP contribution in [-0.4, -0.2) is 36.1 Å². The van der Waals surface area contributed by atoms with Crippen molar-refractivity contribution in [2.24, 2.45) is 5.92 Å². The predicted octanol–water partition coefficient (Wildman–Crippen LogP) is 2.46. The fraction of sp³-hybridized carbons (Fsp3) is 0.667. The number of pyridine rings is 1. The van der Waals surface area contributed by atoms with E-state index in [-0.39, 0.29) is 0 Å². The monoisotopic (exact) mass is 249 g/mol. The lowest BCUT2D eigenvalue weighted by molar-refractivity contribution is 0.274. The molecule has 0 saturated heterocycles. The van der Waals surface area contributed by atoms with Crippen molar-refractivity contribution in [3.8, 4) is 0 Å². The van der Waals surface area contributed by atoms with Gasteiger partial charge in [-0.05, 0) is 38.1 Å². The number of nitrogens with zero attached hydrogens (tertiary/aromatic N) is 2. The van der Waals surface area contributed by atoms with E-state index in [0.29, 0.717) is 0 Å². The van der Waals surface area contributed by atoms with E-state index in [1.165, 1.54) is 5.69 Å². The standard InChI is InChI=1S/C15H27N3/c1-5-18(10-9-16-11-13(2)3)12-15-8-6-7-14(4)17-15/h6-8,13,16H,5,9-12H2,1-4H3. The molecule has 0 aromatic carbocycles. The quantitative estimate of drug-likeness (QED) is 0.717. The number of hydrogen-bond donors (Lipinski definition) is 1. The smallest absolute Gasteiger partial charge is 0.0547 e. The zero-order chi connectivity index (χ0) is 13.4. The normalized spacial score (nSPS) is 11.4. The number of aryl methyl sites for hydroxylation is 1. The third kappa shape index (κ3) is 6.12. The Balaban J connectivity index is 2.33. The van der Waals surface area contributed by atoms with Crippen LogP contribution in [-0.2, 0) is 6.54 Å². The van der Waals surface area contributed by atoms with Gasteiger partial charge in [-0.1, -0.05) is 26.8 Å². The van der Waals surface area contributed by atoms with Crippen LogP contribution in [0.15, 0.2) is 18.2 Å². The first-order valence-electron chi connectivity index (χ1n) is 6.97. The Morgan fingerprint density at radius 2 is 2.11 bits per heavy atom. The van der Waals surface area contributed by atoms with Crippen molar-refractivity contribution in [2.75, 3.05) is 26.2 Å². The van der Waals surface area contributed by atoms with Crippen LogP contribution in [0.3, 0.4) is 0 Å². The molecule has 1 heterocycles. The van der Waals surface area contributed by atoms with Gasteiger partial charge < -0.3 is 5.32 Å². The highest BCUT2D eigenvalue weighted by atomic mass is 15.1. The molecule has 3 nitrogen and oxygen atoms in total. The van der Waals surface area contributed by atoms with Gasteiger partial charge in [0.15, 0.2) is 0 Å². The minimum Gasteiger partial charge on any atom is -0.315 e. The molecular formula is C15H27N3. The van der Waals surface area contributed by atoms with Gasteiger partial charge in [-0.3, -0.25) is 9.88 Å². The van der Waals surface area contributed by atoms with Gasteiger partial charge in [-0.2, -0.15) is 0 Å². The molecule has 0 unspecified atom stereocenters. The molecule has 1 rings (SSSR count). The van der Waals surface area contributed by atoms with E-state index in [2.05, 4.69) is 48.1 Å². The summed E-state index contributed by atoms with van der Waals surface area (Å²) in [5.74, 6) is 0.721. The van der Waals surface area contributed by atoms with E-state index in [1.54, 1.807) is 0 Å². The molecule has 0 fully saturated rings. The van der Waals surface area contributed by atoms with Crippen LogP contribution in [0.4, 0.5) is 0 Å². The zero-order valence-corrected chi connectivity index (χ0v) is 12.2. The van der Waals surface area contributed by atoms with Gasteiger partial charge >= 0.3 is 0 Å². The number of likely N-dealkylation sites (N-methyl/N-ethyl adjacent to an activating group) is 1. The van der Waals surface area contributed by atoms with Crippen LogP contribution in [0, 0.1) is 12.8 Å². The lowest BCUT2D eigenvalue weighted by Gasteiger charge is -2.20. The first-order valence-corrected chi connectivity index (χ1v) is 6.97. The Labute approximate surface area is 112 Å². The number of hydrogen-bond acceptors (Lipinski definition) is 3. The Kier molecular flexibility index (Phi) is 6.91. The number of rotatable bonds is 8. The van der Waals surface area contributed by atoms with Crippen molar-refractivity contribution in [2.45, 2.75) is 34.2 Å². The molecule has 1 aromatic rings. The highest BCUT2D eigenvalue weighted by Gasteiger charge is 2.04. The van der Waals surface area contributed by atoms with Gasteiger partial charge in [-0.25, -0.2) is 0 Å². The molecule has 0 aliphatic carbocycles. The van der Waals surface area contributed by atoms with Crippen molar-refractivity contribution in [3.63, 3.8) is 0 Å². The van der Waals surface area contributed by atoms with E-state index < -0.39 is 0 Å². The Morgan fingerprint density at radius 1 is 1.33 bits per heavy atom. The van der Waals surface area contributed by atoms with Crippen molar-refractivity contribution in [1.29, 1.82) is 0 Å². The molecule has 0 bridgehead atoms.